The highest BCUT2D eigenvalue weighted by Gasteiger charge is 2.36. The largest absolute Gasteiger partial charge is 0.0616 e. The van der Waals surface area contributed by atoms with Gasteiger partial charge in [0.1, 0.15) is 0 Å². The van der Waals surface area contributed by atoms with Gasteiger partial charge in [0.25, 0.3) is 0 Å². The molecule has 5 rings (SSSR count). The third-order valence-electron chi connectivity index (χ3n) is 4.34. The number of fused-ring (bicyclic) bond motifs is 6. The van der Waals surface area contributed by atoms with Gasteiger partial charge in [0.2, 0.25) is 0 Å². The van der Waals surface area contributed by atoms with Gasteiger partial charge < -0.3 is 0 Å². The van der Waals surface area contributed by atoms with Gasteiger partial charge in [-0.2, -0.15) is 0 Å². The van der Waals surface area contributed by atoms with Crippen LogP contribution in [-0.2, 0) is 0 Å². The molecule has 2 aromatic carbocycles. The molecule has 3 aliphatic carbocycles. The second-order valence-electron chi connectivity index (χ2n) is 5.36. The third kappa shape index (κ3) is 1.01. The Morgan fingerprint density at radius 3 is 1.00 bits per heavy atom. The summed E-state index contributed by atoms with van der Waals surface area (Å²) >= 11 is 0. The summed E-state index contributed by atoms with van der Waals surface area (Å²) in [7, 11) is 0. The van der Waals surface area contributed by atoms with Crippen LogP contribution in [-0.4, -0.2) is 0 Å². The highest BCUT2D eigenvalue weighted by atomic mass is 14.4. The number of benzene rings is 2. The number of hydrogen-bond acceptors (Lipinski definition) is 0. The van der Waals surface area contributed by atoms with Crippen molar-refractivity contribution in [3.63, 3.8) is 0 Å². The average Bonchev–Trinajstić information content (AvgIpc) is 3.31. The van der Waals surface area contributed by atoms with Crippen molar-refractivity contribution >= 4 is 22.3 Å². The van der Waals surface area contributed by atoms with Crippen LogP contribution in [0.2, 0.25) is 0 Å². The molecule has 0 N–H and O–H groups in total. The highest BCUT2D eigenvalue weighted by Crippen LogP contribution is 2.58. The maximum absolute atomic E-state index is 2.29. The standard InChI is InChI=1S/C18H12/c1-2-6-12-11(5-1)15-9-17(15)13-7-3-4-8-14(13)18-10-16(12)18/h1-8H,9-10H2. The van der Waals surface area contributed by atoms with Crippen molar-refractivity contribution in [1.29, 1.82) is 0 Å². The first-order chi connectivity index (χ1) is 8.93. The molecule has 0 saturated heterocycles. The van der Waals surface area contributed by atoms with Gasteiger partial charge in [-0.25, -0.2) is 0 Å². The summed E-state index contributed by atoms with van der Waals surface area (Å²) in [6.45, 7) is 0. The van der Waals surface area contributed by atoms with Crippen LogP contribution in [0.15, 0.2) is 48.5 Å². The van der Waals surface area contributed by atoms with Gasteiger partial charge >= 0.3 is 0 Å². The Bertz CT molecular complexity index is 643. The van der Waals surface area contributed by atoms with Gasteiger partial charge in [-0.05, 0) is 57.4 Å². The first-order valence-corrected chi connectivity index (χ1v) is 6.57. The molecule has 2 aromatic rings. The van der Waals surface area contributed by atoms with E-state index in [1.54, 1.807) is 22.3 Å². The molecule has 0 nitrogen and oxygen atoms in total. The summed E-state index contributed by atoms with van der Waals surface area (Å²) < 4.78 is 0. The lowest BCUT2D eigenvalue weighted by atomic mass is 9.99. The van der Waals surface area contributed by atoms with E-state index in [0.29, 0.717) is 0 Å². The van der Waals surface area contributed by atoms with Gasteiger partial charge in [0.05, 0.1) is 0 Å². The lowest BCUT2D eigenvalue weighted by Gasteiger charge is -2.05. The summed E-state index contributed by atoms with van der Waals surface area (Å²) in [5.41, 5.74) is 12.2. The summed E-state index contributed by atoms with van der Waals surface area (Å²) in [6, 6.07) is 17.8. The van der Waals surface area contributed by atoms with E-state index in [-0.39, 0.29) is 0 Å². The van der Waals surface area contributed by atoms with Crippen LogP contribution in [0.25, 0.3) is 22.3 Å². The Morgan fingerprint density at radius 1 is 0.444 bits per heavy atom. The molecule has 0 radical (unpaired) electrons. The zero-order valence-corrected chi connectivity index (χ0v) is 10.0. The Kier molecular flexibility index (Phi) is 1.41. The van der Waals surface area contributed by atoms with E-state index in [2.05, 4.69) is 48.5 Å². The highest BCUT2D eigenvalue weighted by molar-refractivity contribution is 6.19. The van der Waals surface area contributed by atoms with Crippen LogP contribution in [0.3, 0.4) is 0 Å². The van der Waals surface area contributed by atoms with Crippen molar-refractivity contribution in [3.05, 3.63) is 70.8 Å². The van der Waals surface area contributed by atoms with E-state index in [1.165, 1.54) is 35.1 Å². The third-order valence-corrected chi connectivity index (χ3v) is 4.34. The summed E-state index contributed by atoms with van der Waals surface area (Å²) in [4.78, 5) is 0. The van der Waals surface area contributed by atoms with E-state index >= 15 is 0 Å². The van der Waals surface area contributed by atoms with E-state index in [4.69, 9.17) is 0 Å². The fourth-order valence-corrected chi connectivity index (χ4v) is 3.32. The molecule has 0 fully saturated rings. The minimum atomic E-state index is 1.18. The molecule has 0 atom stereocenters. The Labute approximate surface area is 106 Å². The molecule has 0 heterocycles. The molecule has 0 heteroatoms. The van der Waals surface area contributed by atoms with Crippen LogP contribution in [0.5, 0.6) is 0 Å². The summed E-state index contributed by atoms with van der Waals surface area (Å²) in [5.74, 6) is 0. The van der Waals surface area contributed by atoms with Gasteiger partial charge in [0, 0.05) is 0 Å². The Balaban J connectivity index is 1.89. The van der Waals surface area contributed by atoms with Crippen molar-refractivity contribution in [1.82, 2.24) is 0 Å². The predicted octanol–water partition coefficient (Wildman–Crippen LogP) is 4.63. The van der Waals surface area contributed by atoms with Gasteiger partial charge in [-0.3, -0.25) is 0 Å². The number of rotatable bonds is 0. The molecule has 84 valence electrons. The fraction of sp³-hybridized carbons (Fsp3) is 0.111. The number of hydrogen-bond donors (Lipinski definition) is 0. The summed E-state index contributed by atoms with van der Waals surface area (Å²) in [5, 5.41) is 0. The predicted molar refractivity (Wildman–Crippen MR) is 75.7 cm³/mol. The lowest BCUT2D eigenvalue weighted by molar-refractivity contribution is 1.49. The SMILES string of the molecule is c1ccc2c(c1)C1=C(C1)c1ccccc1C1=C2C1. The van der Waals surface area contributed by atoms with Crippen molar-refractivity contribution in [3.8, 4) is 0 Å². The normalized spacial score (nSPS) is 18.2. The number of allylic oxidation sites excluding steroid dienone is 4. The summed E-state index contributed by atoms with van der Waals surface area (Å²) in [6.07, 6.45) is 2.35. The second kappa shape index (κ2) is 2.84. The molecule has 18 heavy (non-hydrogen) atoms. The molecular formula is C18H12. The van der Waals surface area contributed by atoms with Crippen LogP contribution < -0.4 is 0 Å². The Hall–Kier alpha value is -2.08. The van der Waals surface area contributed by atoms with Crippen molar-refractivity contribution < 1.29 is 0 Å². The molecule has 0 aliphatic heterocycles. The lowest BCUT2D eigenvalue weighted by Crippen LogP contribution is -1.85. The van der Waals surface area contributed by atoms with E-state index in [0.717, 1.165) is 0 Å². The zero-order valence-electron chi connectivity index (χ0n) is 10.0. The van der Waals surface area contributed by atoms with Crippen LogP contribution >= 0.6 is 0 Å². The zero-order chi connectivity index (χ0) is 11.7. The quantitative estimate of drug-likeness (QED) is 0.616. The molecule has 0 aromatic heterocycles. The molecule has 0 unspecified atom stereocenters. The van der Waals surface area contributed by atoms with E-state index in [1.807, 2.05) is 0 Å². The van der Waals surface area contributed by atoms with E-state index < -0.39 is 0 Å². The topological polar surface area (TPSA) is 0 Å². The first kappa shape index (κ1) is 8.93. The fourth-order valence-electron chi connectivity index (χ4n) is 3.32. The van der Waals surface area contributed by atoms with Crippen LogP contribution in [0, 0.1) is 0 Å². The van der Waals surface area contributed by atoms with Gasteiger partial charge in [-0.1, -0.05) is 48.5 Å². The van der Waals surface area contributed by atoms with Crippen molar-refractivity contribution in [2.75, 3.05) is 0 Å². The molecule has 0 amide bonds. The first-order valence-electron chi connectivity index (χ1n) is 6.57. The smallest absolute Gasteiger partial charge is 0.000730 e. The van der Waals surface area contributed by atoms with Gasteiger partial charge in [-0.15, -0.1) is 0 Å². The molecule has 0 saturated carbocycles. The molecule has 3 aliphatic rings. The molecule has 0 bridgehead atoms. The van der Waals surface area contributed by atoms with Crippen molar-refractivity contribution in [2.45, 2.75) is 12.8 Å². The van der Waals surface area contributed by atoms with Crippen LogP contribution in [0.1, 0.15) is 35.1 Å². The minimum Gasteiger partial charge on any atom is -0.0616 e. The maximum Gasteiger partial charge on any atom is -0.000730 e. The maximum atomic E-state index is 2.29. The van der Waals surface area contributed by atoms with Crippen molar-refractivity contribution in [2.24, 2.45) is 0 Å². The van der Waals surface area contributed by atoms with Gasteiger partial charge in [0.15, 0.2) is 0 Å². The van der Waals surface area contributed by atoms with Crippen LogP contribution in [0.4, 0.5) is 0 Å². The Morgan fingerprint density at radius 2 is 0.722 bits per heavy atom. The average molecular weight is 228 g/mol. The van der Waals surface area contributed by atoms with E-state index in [9.17, 15) is 0 Å². The molecular weight excluding hydrogens is 216 g/mol. The monoisotopic (exact) mass is 228 g/mol. The minimum absolute atomic E-state index is 1.18. The molecule has 0 spiro atoms. The second-order valence-corrected chi connectivity index (χ2v) is 5.36.